The van der Waals surface area contributed by atoms with E-state index in [0.29, 0.717) is 22.7 Å². The number of thioether (sulfide) groups is 1. The molecule has 0 saturated carbocycles. The molecule has 6 nitrogen and oxygen atoms in total. The summed E-state index contributed by atoms with van der Waals surface area (Å²) in [7, 11) is 0. The summed E-state index contributed by atoms with van der Waals surface area (Å²) in [5.74, 6) is 1.53. The van der Waals surface area contributed by atoms with Crippen LogP contribution in [-0.4, -0.2) is 19.7 Å². The molecule has 0 radical (unpaired) electrons. The highest BCUT2D eigenvalue weighted by Crippen LogP contribution is 2.35. The van der Waals surface area contributed by atoms with Crippen molar-refractivity contribution in [3.8, 4) is 5.69 Å². The average molecular weight is 425 g/mol. The van der Waals surface area contributed by atoms with Crippen molar-refractivity contribution >= 4 is 33.3 Å². The van der Waals surface area contributed by atoms with Gasteiger partial charge in [0.25, 0.3) is 5.56 Å². The molecule has 0 saturated heterocycles. The van der Waals surface area contributed by atoms with Gasteiger partial charge in [0.15, 0.2) is 5.16 Å². The van der Waals surface area contributed by atoms with Crippen LogP contribution in [0.15, 0.2) is 44.7 Å². The summed E-state index contributed by atoms with van der Waals surface area (Å²) in [5.41, 5.74) is 2.06. The van der Waals surface area contributed by atoms with Crippen LogP contribution in [0.25, 0.3) is 15.9 Å². The lowest BCUT2D eigenvalue weighted by atomic mass is 10.1. The van der Waals surface area contributed by atoms with Gasteiger partial charge in [-0.25, -0.2) is 4.98 Å². The zero-order valence-corrected chi connectivity index (χ0v) is 17.7. The second kappa shape index (κ2) is 7.76. The summed E-state index contributed by atoms with van der Waals surface area (Å²) >= 11 is 3.13. The van der Waals surface area contributed by atoms with Gasteiger partial charge in [0.05, 0.1) is 16.8 Å². The van der Waals surface area contributed by atoms with Gasteiger partial charge in [-0.2, -0.15) is 0 Å². The molecule has 3 heterocycles. The highest BCUT2D eigenvalue weighted by molar-refractivity contribution is 7.98. The molecule has 0 aliphatic heterocycles. The lowest BCUT2D eigenvalue weighted by Gasteiger charge is -2.12. The summed E-state index contributed by atoms with van der Waals surface area (Å²) in [6.45, 7) is 1.77. The fourth-order valence-corrected chi connectivity index (χ4v) is 5.94. The van der Waals surface area contributed by atoms with E-state index in [4.69, 9.17) is 9.40 Å². The summed E-state index contributed by atoms with van der Waals surface area (Å²) in [5, 5.41) is 9.40. The lowest BCUT2D eigenvalue weighted by Crippen LogP contribution is -2.22. The van der Waals surface area contributed by atoms with Crippen molar-refractivity contribution in [2.75, 3.05) is 0 Å². The summed E-state index contributed by atoms with van der Waals surface area (Å²) in [6.07, 6.45) is 5.56. The van der Waals surface area contributed by atoms with Gasteiger partial charge in [-0.05, 0) is 43.4 Å². The van der Waals surface area contributed by atoms with Gasteiger partial charge in [0.2, 0.25) is 11.8 Å². The molecular formula is C21H20N4O2S2. The average Bonchev–Trinajstić information content (AvgIpc) is 3.22. The Labute approximate surface area is 176 Å². The first-order valence-corrected chi connectivity index (χ1v) is 11.6. The predicted octanol–water partition coefficient (Wildman–Crippen LogP) is 4.70. The van der Waals surface area contributed by atoms with Crippen LogP contribution in [0.1, 0.15) is 41.5 Å². The summed E-state index contributed by atoms with van der Waals surface area (Å²) < 4.78 is 7.22. The quantitative estimate of drug-likeness (QED) is 0.269. The van der Waals surface area contributed by atoms with E-state index < -0.39 is 0 Å². The molecule has 1 aromatic carbocycles. The highest BCUT2D eigenvalue weighted by atomic mass is 32.2. The first-order chi connectivity index (χ1) is 14.2. The first kappa shape index (κ1) is 18.6. The predicted molar refractivity (Wildman–Crippen MR) is 115 cm³/mol. The Morgan fingerprint density at radius 3 is 2.76 bits per heavy atom. The highest BCUT2D eigenvalue weighted by Gasteiger charge is 2.22. The molecule has 148 valence electrons. The van der Waals surface area contributed by atoms with Crippen molar-refractivity contribution in [1.29, 1.82) is 0 Å². The normalized spacial score (nSPS) is 14.1. The number of nitrogens with zero attached hydrogens (tertiary/aromatic N) is 4. The van der Waals surface area contributed by atoms with E-state index in [1.54, 1.807) is 22.8 Å². The van der Waals surface area contributed by atoms with Gasteiger partial charge in [0, 0.05) is 11.8 Å². The number of benzene rings is 1. The molecule has 4 aromatic rings. The van der Waals surface area contributed by atoms with Crippen molar-refractivity contribution in [1.82, 2.24) is 19.7 Å². The second-order valence-electron chi connectivity index (χ2n) is 7.12. The van der Waals surface area contributed by atoms with Gasteiger partial charge in [-0.1, -0.05) is 36.4 Å². The minimum absolute atomic E-state index is 0.0183. The fourth-order valence-electron chi connectivity index (χ4n) is 3.79. The van der Waals surface area contributed by atoms with Crippen molar-refractivity contribution < 1.29 is 4.42 Å². The molecule has 8 heteroatoms. The summed E-state index contributed by atoms with van der Waals surface area (Å²) in [4.78, 5) is 20.8. The van der Waals surface area contributed by atoms with E-state index in [1.165, 1.54) is 35.0 Å². The zero-order valence-electron chi connectivity index (χ0n) is 16.1. The SMILES string of the molecule is Cc1nnc(CSc2nc3sc4c(c3c(=O)n2-c2ccccc2)CCCCC4)o1. The first-order valence-electron chi connectivity index (χ1n) is 9.75. The third-order valence-corrected chi connectivity index (χ3v) is 7.22. The van der Waals surface area contributed by atoms with E-state index in [2.05, 4.69) is 10.2 Å². The van der Waals surface area contributed by atoms with Crippen molar-refractivity contribution in [3.05, 3.63) is 62.9 Å². The zero-order chi connectivity index (χ0) is 19.8. The second-order valence-corrected chi connectivity index (χ2v) is 9.14. The van der Waals surface area contributed by atoms with Crippen molar-refractivity contribution in [2.45, 2.75) is 49.9 Å². The fraction of sp³-hybridized carbons (Fsp3) is 0.333. The standard InChI is InChI=1S/C21H20N4O2S2/c1-13-23-24-17(27-13)12-28-21-22-19-18(15-10-6-3-7-11-16(15)29-19)20(26)25(21)14-8-4-2-5-9-14/h2,4-5,8-9H,3,6-7,10-12H2,1H3. The third kappa shape index (κ3) is 3.51. The molecule has 0 fully saturated rings. The number of thiophene rings is 1. The van der Waals surface area contributed by atoms with Gasteiger partial charge < -0.3 is 4.42 Å². The van der Waals surface area contributed by atoms with Crippen LogP contribution >= 0.6 is 23.1 Å². The van der Waals surface area contributed by atoms with Crippen LogP contribution < -0.4 is 5.56 Å². The maximum absolute atomic E-state index is 13.7. The van der Waals surface area contributed by atoms with E-state index in [0.717, 1.165) is 35.2 Å². The Morgan fingerprint density at radius 1 is 1.14 bits per heavy atom. The maximum Gasteiger partial charge on any atom is 0.267 e. The minimum Gasteiger partial charge on any atom is -0.425 e. The van der Waals surface area contributed by atoms with Gasteiger partial charge in [0.1, 0.15) is 4.83 Å². The molecule has 29 heavy (non-hydrogen) atoms. The van der Waals surface area contributed by atoms with E-state index in [1.807, 2.05) is 30.3 Å². The van der Waals surface area contributed by atoms with E-state index in [-0.39, 0.29) is 5.56 Å². The smallest absolute Gasteiger partial charge is 0.267 e. The molecule has 3 aromatic heterocycles. The maximum atomic E-state index is 13.7. The van der Waals surface area contributed by atoms with Crippen LogP contribution in [0, 0.1) is 6.92 Å². The van der Waals surface area contributed by atoms with Crippen molar-refractivity contribution in [3.63, 3.8) is 0 Å². The number of aryl methyl sites for hydroxylation is 3. The Hall–Kier alpha value is -2.45. The van der Waals surface area contributed by atoms with E-state index >= 15 is 0 Å². The number of fused-ring (bicyclic) bond motifs is 3. The number of aromatic nitrogens is 4. The Balaban J connectivity index is 1.67. The molecule has 0 amide bonds. The number of rotatable bonds is 4. The van der Waals surface area contributed by atoms with E-state index in [9.17, 15) is 4.79 Å². The monoisotopic (exact) mass is 424 g/mol. The number of para-hydroxylation sites is 1. The van der Waals surface area contributed by atoms with Crippen LogP contribution in [-0.2, 0) is 18.6 Å². The van der Waals surface area contributed by atoms with Gasteiger partial charge in [-0.15, -0.1) is 21.5 Å². The Morgan fingerprint density at radius 2 is 1.97 bits per heavy atom. The molecule has 1 aliphatic rings. The summed E-state index contributed by atoms with van der Waals surface area (Å²) in [6, 6.07) is 9.72. The molecule has 0 N–H and O–H groups in total. The third-order valence-electron chi connectivity index (χ3n) is 5.12. The molecular weight excluding hydrogens is 404 g/mol. The molecule has 5 rings (SSSR count). The molecule has 0 bridgehead atoms. The molecule has 0 atom stereocenters. The molecule has 0 unspecified atom stereocenters. The Bertz CT molecular complexity index is 1230. The van der Waals surface area contributed by atoms with Gasteiger partial charge >= 0.3 is 0 Å². The number of hydrogen-bond acceptors (Lipinski definition) is 7. The Kier molecular flexibility index (Phi) is 4.97. The largest absolute Gasteiger partial charge is 0.425 e. The molecule has 0 spiro atoms. The van der Waals surface area contributed by atoms with Crippen LogP contribution in [0.4, 0.5) is 0 Å². The lowest BCUT2D eigenvalue weighted by molar-refractivity contribution is 0.485. The topological polar surface area (TPSA) is 73.8 Å². The van der Waals surface area contributed by atoms with Crippen LogP contribution in [0.2, 0.25) is 0 Å². The molecule has 1 aliphatic carbocycles. The van der Waals surface area contributed by atoms with Gasteiger partial charge in [-0.3, -0.25) is 9.36 Å². The van der Waals surface area contributed by atoms with Crippen LogP contribution in [0.5, 0.6) is 0 Å². The van der Waals surface area contributed by atoms with Crippen molar-refractivity contribution in [2.24, 2.45) is 0 Å². The number of hydrogen-bond donors (Lipinski definition) is 0. The van der Waals surface area contributed by atoms with Crippen LogP contribution in [0.3, 0.4) is 0 Å². The minimum atomic E-state index is 0.0183.